The molecule has 0 aliphatic rings. The molecule has 0 bridgehead atoms. The summed E-state index contributed by atoms with van der Waals surface area (Å²) in [5.74, 6) is 0.335. The number of carbonyl (C=O) groups excluding carboxylic acids is 1. The molecule has 0 saturated heterocycles. The summed E-state index contributed by atoms with van der Waals surface area (Å²) in [6, 6.07) is 7.17. The third-order valence-corrected chi connectivity index (χ3v) is 3.45. The molecule has 0 aliphatic carbocycles. The molecule has 0 aromatic carbocycles. The fourth-order valence-electron chi connectivity index (χ4n) is 2.30. The van der Waals surface area contributed by atoms with Gasteiger partial charge < -0.3 is 10.3 Å². The van der Waals surface area contributed by atoms with E-state index < -0.39 is 0 Å². The van der Waals surface area contributed by atoms with Crippen LogP contribution in [0.3, 0.4) is 0 Å². The molecule has 2 heterocycles. The fourth-order valence-corrected chi connectivity index (χ4v) is 2.30. The van der Waals surface area contributed by atoms with Gasteiger partial charge in [0.1, 0.15) is 17.5 Å². The van der Waals surface area contributed by atoms with E-state index in [9.17, 15) is 9.59 Å². The minimum absolute atomic E-state index is 0.103. The maximum atomic E-state index is 11.9. The summed E-state index contributed by atoms with van der Waals surface area (Å²) >= 11 is 0. The zero-order valence-corrected chi connectivity index (χ0v) is 12.4. The average Bonchev–Trinajstić information content (AvgIpc) is 2.48. The number of nitriles is 1. The van der Waals surface area contributed by atoms with E-state index >= 15 is 0 Å². The third kappa shape index (κ3) is 3.38. The molecule has 1 amide bonds. The molecular formula is C16H16N4O2. The van der Waals surface area contributed by atoms with Gasteiger partial charge in [-0.1, -0.05) is 6.07 Å². The van der Waals surface area contributed by atoms with Crippen molar-refractivity contribution in [3.8, 4) is 6.07 Å². The number of amides is 1. The Morgan fingerprint density at radius 1 is 1.41 bits per heavy atom. The van der Waals surface area contributed by atoms with E-state index in [0.29, 0.717) is 23.5 Å². The quantitative estimate of drug-likeness (QED) is 0.899. The van der Waals surface area contributed by atoms with Gasteiger partial charge in [0, 0.05) is 18.3 Å². The lowest BCUT2D eigenvalue weighted by molar-refractivity contribution is -0.116. The topological polar surface area (TPSA) is 98.6 Å². The number of aromatic amines is 1. The number of carbonyl (C=O) groups is 1. The van der Waals surface area contributed by atoms with Crippen molar-refractivity contribution < 1.29 is 4.79 Å². The first kappa shape index (κ1) is 15.4. The Balaban J connectivity index is 2.11. The van der Waals surface area contributed by atoms with Gasteiger partial charge in [-0.2, -0.15) is 5.26 Å². The second-order valence-electron chi connectivity index (χ2n) is 4.93. The Bertz CT molecular complexity index is 788. The summed E-state index contributed by atoms with van der Waals surface area (Å²) in [6.45, 7) is 3.49. The number of aryl methyl sites for hydroxylation is 1. The SMILES string of the molecule is Cc1[nH]c(=O)c(C#N)c(C)c1CCC(=O)Nc1ccccn1. The molecule has 22 heavy (non-hydrogen) atoms. The first-order valence-electron chi connectivity index (χ1n) is 6.86. The Morgan fingerprint density at radius 3 is 2.82 bits per heavy atom. The van der Waals surface area contributed by atoms with Gasteiger partial charge in [0.2, 0.25) is 5.91 Å². The molecule has 112 valence electrons. The van der Waals surface area contributed by atoms with Crippen molar-refractivity contribution in [3.63, 3.8) is 0 Å². The molecule has 2 N–H and O–H groups in total. The van der Waals surface area contributed by atoms with Gasteiger partial charge in [0.25, 0.3) is 5.56 Å². The monoisotopic (exact) mass is 296 g/mol. The normalized spacial score (nSPS) is 10.0. The molecule has 6 heteroatoms. The number of H-pyrrole nitrogens is 1. The summed E-state index contributed by atoms with van der Waals surface area (Å²) in [5, 5.41) is 11.7. The standard InChI is InChI=1S/C16H16N4O2/c1-10-12(11(2)19-16(22)13(10)9-17)6-7-15(21)20-14-5-3-4-8-18-14/h3-5,8H,6-7H2,1-2H3,(H,19,22)(H,18,20,21). The lowest BCUT2D eigenvalue weighted by Crippen LogP contribution is -2.18. The molecule has 0 fully saturated rings. The molecule has 0 atom stereocenters. The van der Waals surface area contributed by atoms with Crippen LogP contribution in [0.5, 0.6) is 0 Å². The van der Waals surface area contributed by atoms with Gasteiger partial charge in [-0.25, -0.2) is 4.98 Å². The van der Waals surface area contributed by atoms with E-state index in [1.54, 1.807) is 38.2 Å². The van der Waals surface area contributed by atoms with E-state index in [1.165, 1.54) is 0 Å². The zero-order valence-electron chi connectivity index (χ0n) is 12.4. The first-order valence-corrected chi connectivity index (χ1v) is 6.86. The molecule has 0 unspecified atom stereocenters. The Kier molecular flexibility index (Phi) is 4.69. The molecule has 0 spiro atoms. The van der Waals surface area contributed by atoms with Crippen LogP contribution in [0, 0.1) is 25.2 Å². The van der Waals surface area contributed by atoms with Crippen LogP contribution in [0.15, 0.2) is 29.2 Å². The Hall–Kier alpha value is -2.94. The molecule has 0 saturated carbocycles. The Labute approximate surface area is 127 Å². The molecule has 2 aromatic rings. The summed E-state index contributed by atoms with van der Waals surface area (Å²) in [4.78, 5) is 30.3. The summed E-state index contributed by atoms with van der Waals surface area (Å²) in [5.41, 5.74) is 1.86. The van der Waals surface area contributed by atoms with Gasteiger partial charge in [0.05, 0.1) is 0 Å². The molecular weight excluding hydrogens is 280 g/mol. The lowest BCUT2D eigenvalue weighted by Gasteiger charge is -2.10. The van der Waals surface area contributed by atoms with Crippen molar-refractivity contribution in [2.24, 2.45) is 0 Å². The van der Waals surface area contributed by atoms with Crippen LogP contribution in [-0.4, -0.2) is 15.9 Å². The van der Waals surface area contributed by atoms with Gasteiger partial charge in [-0.15, -0.1) is 0 Å². The predicted molar refractivity (Wildman–Crippen MR) is 82.4 cm³/mol. The van der Waals surface area contributed by atoms with Gasteiger partial charge in [0.15, 0.2) is 0 Å². The van der Waals surface area contributed by atoms with Crippen LogP contribution in [0.25, 0.3) is 0 Å². The number of aromatic nitrogens is 2. The predicted octanol–water partition coefficient (Wildman–Crippen LogP) is 1.83. The highest BCUT2D eigenvalue weighted by molar-refractivity contribution is 5.89. The molecule has 6 nitrogen and oxygen atoms in total. The van der Waals surface area contributed by atoms with Crippen molar-refractivity contribution in [2.75, 3.05) is 5.32 Å². The van der Waals surface area contributed by atoms with Crippen LogP contribution >= 0.6 is 0 Å². The largest absolute Gasteiger partial charge is 0.325 e. The Morgan fingerprint density at radius 2 is 2.18 bits per heavy atom. The second-order valence-corrected chi connectivity index (χ2v) is 4.93. The van der Waals surface area contributed by atoms with Crippen molar-refractivity contribution in [2.45, 2.75) is 26.7 Å². The maximum absolute atomic E-state index is 11.9. The van der Waals surface area contributed by atoms with Crippen LogP contribution in [0.2, 0.25) is 0 Å². The number of pyridine rings is 2. The van der Waals surface area contributed by atoms with Crippen LogP contribution in [0.4, 0.5) is 5.82 Å². The van der Waals surface area contributed by atoms with Crippen LogP contribution < -0.4 is 10.9 Å². The van der Waals surface area contributed by atoms with Gasteiger partial charge >= 0.3 is 0 Å². The van der Waals surface area contributed by atoms with Crippen LogP contribution in [0.1, 0.15) is 28.8 Å². The minimum atomic E-state index is -0.390. The smallest absolute Gasteiger partial charge is 0.266 e. The highest BCUT2D eigenvalue weighted by atomic mass is 16.1. The number of anilines is 1. The van der Waals surface area contributed by atoms with E-state index in [0.717, 1.165) is 5.56 Å². The molecule has 2 rings (SSSR count). The van der Waals surface area contributed by atoms with E-state index in [2.05, 4.69) is 15.3 Å². The van der Waals surface area contributed by atoms with Crippen LogP contribution in [-0.2, 0) is 11.2 Å². The van der Waals surface area contributed by atoms with E-state index in [-0.39, 0.29) is 23.5 Å². The van der Waals surface area contributed by atoms with E-state index in [1.807, 2.05) is 6.07 Å². The number of hydrogen-bond acceptors (Lipinski definition) is 4. The summed E-state index contributed by atoms with van der Waals surface area (Å²) in [7, 11) is 0. The second kappa shape index (κ2) is 6.68. The highest BCUT2D eigenvalue weighted by Gasteiger charge is 2.13. The molecule has 0 aliphatic heterocycles. The highest BCUT2D eigenvalue weighted by Crippen LogP contribution is 2.15. The summed E-state index contributed by atoms with van der Waals surface area (Å²) < 4.78 is 0. The first-order chi connectivity index (χ1) is 10.5. The van der Waals surface area contributed by atoms with Gasteiger partial charge in [-0.05, 0) is 43.5 Å². The van der Waals surface area contributed by atoms with Crippen molar-refractivity contribution in [1.82, 2.24) is 9.97 Å². The third-order valence-electron chi connectivity index (χ3n) is 3.45. The fraction of sp³-hybridized carbons (Fsp3) is 0.250. The van der Waals surface area contributed by atoms with Crippen molar-refractivity contribution in [3.05, 3.63) is 57.1 Å². The lowest BCUT2D eigenvalue weighted by atomic mass is 9.99. The van der Waals surface area contributed by atoms with Crippen molar-refractivity contribution in [1.29, 1.82) is 5.26 Å². The molecule has 2 aromatic heterocycles. The number of rotatable bonds is 4. The number of nitrogens with one attached hydrogen (secondary N) is 2. The average molecular weight is 296 g/mol. The molecule has 0 radical (unpaired) electrons. The zero-order chi connectivity index (χ0) is 16.1. The summed E-state index contributed by atoms with van der Waals surface area (Å²) in [6.07, 6.45) is 2.29. The van der Waals surface area contributed by atoms with Crippen molar-refractivity contribution >= 4 is 11.7 Å². The van der Waals surface area contributed by atoms with E-state index in [4.69, 9.17) is 5.26 Å². The number of hydrogen-bond donors (Lipinski definition) is 2. The van der Waals surface area contributed by atoms with Gasteiger partial charge in [-0.3, -0.25) is 9.59 Å². The number of nitrogens with zero attached hydrogens (tertiary/aromatic N) is 2. The maximum Gasteiger partial charge on any atom is 0.266 e. The minimum Gasteiger partial charge on any atom is -0.325 e.